The van der Waals surface area contributed by atoms with Crippen molar-refractivity contribution in [3.05, 3.63) is 30.1 Å². The molecule has 2 heterocycles. The molecule has 1 aliphatic heterocycles. The molecule has 1 N–H and O–H groups in total. The fourth-order valence-corrected chi connectivity index (χ4v) is 2.88. The molecule has 1 saturated heterocycles. The molecule has 2 atom stereocenters. The van der Waals surface area contributed by atoms with E-state index < -0.39 is 0 Å². The Bertz CT molecular complexity index is 364. The van der Waals surface area contributed by atoms with Gasteiger partial charge in [0.25, 0.3) is 0 Å². The molecule has 0 radical (unpaired) electrons. The Kier molecular flexibility index (Phi) is 5.34. The predicted octanol–water partition coefficient (Wildman–Crippen LogP) is 2.68. The van der Waals surface area contributed by atoms with Crippen LogP contribution in [0.2, 0.25) is 0 Å². The smallest absolute Gasteiger partial charge is 0.0312 e. The van der Waals surface area contributed by atoms with E-state index in [1.807, 2.05) is 18.5 Å². The molecule has 19 heavy (non-hydrogen) atoms. The maximum absolute atomic E-state index is 4.22. The van der Waals surface area contributed by atoms with Crippen molar-refractivity contribution in [2.75, 3.05) is 13.1 Å². The zero-order valence-electron chi connectivity index (χ0n) is 12.5. The van der Waals surface area contributed by atoms with Gasteiger partial charge in [-0.3, -0.25) is 9.88 Å². The zero-order chi connectivity index (χ0) is 13.7. The highest BCUT2D eigenvalue weighted by Gasteiger charge is 2.23. The first-order valence-electron chi connectivity index (χ1n) is 7.51. The van der Waals surface area contributed by atoms with Crippen LogP contribution in [-0.2, 0) is 6.54 Å². The van der Waals surface area contributed by atoms with Crippen molar-refractivity contribution in [1.82, 2.24) is 15.2 Å². The summed E-state index contributed by atoms with van der Waals surface area (Å²) in [5.74, 6) is 0.756. The summed E-state index contributed by atoms with van der Waals surface area (Å²) in [6.45, 7) is 10.3. The van der Waals surface area contributed by atoms with E-state index in [0.717, 1.165) is 25.6 Å². The van der Waals surface area contributed by atoms with Crippen molar-refractivity contribution in [2.45, 2.75) is 52.2 Å². The fourth-order valence-electron chi connectivity index (χ4n) is 2.88. The standard InChI is InChI=1S/C16H27N3/c1-13(2)9-16-12-19(14(3)6-8-18-16)11-15-5-4-7-17-10-15/h4-5,7,10,13-14,16,18H,6,8-9,11-12H2,1-3H3. The van der Waals surface area contributed by atoms with Crippen LogP contribution in [0.1, 0.15) is 39.2 Å². The molecule has 2 unspecified atom stereocenters. The van der Waals surface area contributed by atoms with Crippen molar-refractivity contribution in [3.63, 3.8) is 0 Å². The van der Waals surface area contributed by atoms with Gasteiger partial charge in [-0.25, -0.2) is 0 Å². The van der Waals surface area contributed by atoms with Gasteiger partial charge in [0.2, 0.25) is 0 Å². The lowest BCUT2D eigenvalue weighted by Crippen LogP contribution is -2.40. The number of rotatable bonds is 4. The van der Waals surface area contributed by atoms with Crippen LogP contribution in [0.5, 0.6) is 0 Å². The minimum atomic E-state index is 0.627. The average molecular weight is 261 g/mol. The van der Waals surface area contributed by atoms with E-state index >= 15 is 0 Å². The van der Waals surface area contributed by atoms with Gasteiger partial charge in [0.15, 0.2) is 0 Å². The molecule has 0 amide bonds. The van der Waals surface area contributed by atoms with Crippen LogP contribution < -0.4 is 5.32 Å². The zero-order valence-corrected chi connectivity index (χ0v) is 12.5. The lowest BCUT2D eigenvalue weighted by atomic mass is 10.0. The first kappa shape index (κ1) is 14.5. The Balaban J connectivity index is 1.99. The summed E-state index contributed by atoms with van der Waals surface area (Å²) in [5.41, 5.74) is 1.32. The second-order valence-corrected chi connectivity index (χ2v) is 6.21. The van der Waals surface area contributed by atoms with E-state index in [-0.39, 0.29) is 0 Å². The topological polar surface area (TPSA) is 28.2 Å². The van der Waals surface area contributed by atoms with E-state index in [4.69, 9.17) is 0 Å². The maximum atomic E-state index is 4.22. The number of nitrogens with one attached hydrogen (secondary N) is 1. The minimum absolute atomic E-state index is 0.627. The SMILES string of the molecule is CC(C)CC1CN(Cc2cccnc2)C(C)CCN1. The van der Waals surface area contributed by atoms with Gasteiger partial charge in [0, 0.05) is 37.6 Å². The van der Waals surface area contributed by atoms with Gasteiger partial charge in [-0.05, 0) is 43.9 Å². The molecule has 0 spiro atoms. The average Bonchev–Trinajstić information content (AvgIpc) is 2.53. The number of nitrogens with zero attached hydrogens (tertiary/aromatic N) is 2. The fraction of sp³-hybridized carbons (Fsp3) is 0.688. The van der Waals surface area contributed by atoms with E-state index in [0.29, 0.717) is 12.1 Å². The minimum Gasteiger partial charge on any atom is -0.313 e. The lowest BCUT2D eigenvalue weighted by molar-refractivity contribution is 0.189. The molecule has 1 aromatic heterocycles. The van der Waals surface area contributed by atoms with E-state index in [1.165, 1.54) is 18.4 Å². The van der Waals surface area contributed by atoms with Crippen molar-refractivity contribution >= 4 is 0 Å². The van der Waals surface area contributed by atoms with Crippen LogP contribution in [0.15, 0.2) is 24.5 Å². The highest BCUT2D eigenvalue weighted by Crippen LogP contribution is 2.16. The summed E-state index contributed by atoms with van der Waals surface area (Å²) >= 11 is 0. The summed E-state index contributed by atoms with van der Waals surface area (Å²) in [5, 5.41) is 3.70. The van der Waals surface area contributed by atoms with Crippen LogP contribution in [0.25, 0.3) is 0 Å². The molecule has 3 heteroatoms. The molecule has 1 fully saturated rings. The molecular weight excluding hydrogens is 234 g/mol. The lowest BCUT2D eigenvalue weighted by Gasteiger charge is -2.29. The molecule has 0 bridgehead atoms. The highest BCUT2D eigenvalue weighted by molar-refractivity contribution is 5.08. The Morgan fingerprint density at radius 1 is 1.47 bits per heavy atom. The van der Waals surface area contributed by atoms with Gasteiger partial charge < -0.3 is 5.32 Å². The number of hydrogen-bond acceptors (Lipinski definition) is 3. The van der Waals surface area contributed by atoms with E-state index in [2.05, 4.69) is 42.0 Å². The van der Waals surface area contributed by atoms with Gasteiger partial charge >= 0.3 is 0 Å². The summed E-state index contributed by atoms with van der Waals surface area (Å²) in [6, 6.07) is 5.48. The molecule has 0 saturated carbocycles. The summed E-state index contributed by atoms with van der Waals surface area (Å²) < 4.78 is 0. The first-order valence-corrected chi connectivity index (χ1v) is 7.51. The highest BCUT2D eigenvalue weighted by atomic mass is 15.2. The van der Waals surface area contributed by atoms with Crippen LogP contribution in [-0.4, -0.2) is 35.1 Å². The summed E-state index contributed by atoms with van der Waals surface area (Å²) in [6.07, 6.45) is 6.33. The molecule has 0 aliphatic carbocycles. The van der Waals surface area contributed by atoms with Gasteiger partial charge in [-0.1, -0.05) is 19.9 Å². The van der Waals surface area contributed by atoms with Crippen molar-refractivity contribution in [1.29, 1.82) is 0 Å². The van der Waals surface area contributed by atoms with Gasteiger partial charge in [-0.15, -0.1) is 0 Å². The van der Waals surface area contributed by atoms with E-state index in [9.17, 15) is 0 Å². The number of hydrogen-bond donors (Lipinski definition) is 1. The molecule has 0 aromatic carbocycles. The van der Waals surface area contributed by atoms with Crippen LogP contribution in [0, 0.1) is 5.92 Å². The third kappa shape index (κ3) is 4.59. The van der Waals surface area contributed by atoms with Crippen LogP contribution in [0.3, 0.4) is 0 Å². The Labute approximate surface area is 117 Å². The summed E-state index contributed by atoms with van der Waals surface area (Å²) in [4.78, 5) is 6.83. The summed E-state index contributed by atoms with van der Waals surface area (Å²) in [7, 11) is 0. The molecule has 2 rings (SSSR count). The second kappa shape index (κ2) is 7.01. The van der Waals surface area contributed by atoms with Gasteiger partial charge in [0.05, 0.1) is 0 Å². The monoisotopic (exact) mass is 261 g/mol. The van der Waals surface area contributed by atoms with Crippen molar-refractivity contribution in [3.8, 4) is 0 Å². The molecular formula is C16H27N3. The van der Waals surface area contributed by atoms with Crippen molar-refractivity contribution in [2.24, 2.45) is 5.92 Å². The molecule has 106 valence electrons. The third-order valence-corrected chi connectivity index (χ3v) is 3.94. The van der Waals surface area contributed by atoms with Gasteiger partial charge in [0.1, 0.15) is 0 Å². The normalized spacial score (nSPS) is 25.5. The van der Waals surface area contributed by atoms with Crippen LogP contribution in [0.4, 0.5) is 0 Å². The van der Waals surface area contributed by atoms with Crippen LogP contribution >= 0.6 is 0 Å². The molecule has 1 aliphatic rings. The maximum Gasteiger partial charge on any atom is 0.0312 e. The van der Waals surface area contributed by atoms with Crippen molar-refractivity contribution < 1.29 is 0 Å². The quantitative estimate of drug-likeness (QED) is 0.903. The Morgan fingerprint density at radius 2 is 2.32 bits per heavy atom. The third-order valence-electron chi connectivity index (χ3n) is 3.94. The number of aromatic nitrogens is 1. The van der Waals surface area contributed by atoms with E-state index in [1.54, 1.807) is 0 Å². The van der Waals surface area contributed by atoms with Gasteiger partial charge in [-0.2, -0.15) is 0 Å². The number of pyridine rings is 1. The molecule has 3 nitrogen and oxygen atoms in total. The Hall–Kier alpha value is -0.930. The Morgan fingerprint density at radius 3 is 3.00 bits per heavy atom. The first-order chi connectivity index (χ1) is 9.15. The predicted molar refractivity (Wildman–Crippen MR) is 80.0 cm³/mol. The molecule has 1 aromatic rings. The second-order valence-electron chi connectivity index (χ2n) is 6.21. The largest absolute Gasteiger partial charge is 0.313 e.